The predicted octanol–water partition coefficient (Wildman–Crippen LogP) is 4.68. The molecule has 5 heteroatoms. The van der Waals surface area contributed by atoms with Gasteiger partial charge in [-0.2, -0.15) is 0 Å². The van der Waals surface area contributed by atoms with Crippen molar-refractivity contribution in [3.8, 4) is 0 Å². The Bertz CT molecular complexity index is 769. The maximum absolute atomic E-state index is 6.24. The summed E-state index contributed by atoms with van der Waals surface area (Å²) in [7, 11) is 0. The van der Waals surface area contributed by atoms with Crippen molar-refractivity contribution in [2.45, 2.75) is 20.4 Å². The van der Waals surface area contributed by atoms with E-state index in [-0.39, 0.29) is 0 Å². The molecule has 0 saturated heterocycles. The zero-order valence-corrected chi connectivity index (χ0v) is 13.6. The van der Waals surface area contributed by atoms with Crippen molar-refractivity contribution in [1.82, 2.24) is 9.97 Å². The van der Waals surface area contributed by atoms with Crippen LogP contribution in [0.4, 0.5) is 5.69 Å². The Morgan fingerprint density at radius 1 is 1.24 bits per heavy atom. The molecule has 0 aliphatic rings. The molecule has 3 nitrogen and oxygen atoms in total. The van der Waals surface area contributed by atoms with Crippen molar-refractivity contribution in [2.24, 2.45) is 0 Å². The Hall–Kier alpha value is -1.65. The fraction of sp³-hybridized carbons (Fsp3) is 0.250. The summed E-state index contributed by atoms with van der Waals surface area (Å²) in [5.41, 5.74) is 2.43. The molecule has 0 radical (unpaired) electrons. The summed E-state index contributed by atoms with van der Waals surface area (Å²) >= 11 is 7.83. The highest BCUT2D eigenvalue weighted by Crippen LogP contribution is 2.26. The lowest BCUT2D eigenvalue weighted by Crippen LogP contribution is -2.23. The smallest absolute Gasteiger partial charge is 0.151 e. The van der Waals surface area contributed by atoms with Gasteiger partial charge in [0.05, 0.1) is 6.54 Å². The molecule has 0 aliphatic heterocycles. The molecule has 21 heavy (non-hydrogen) atoms. The molecule has 0 amide bonds. The van der Waals surface area contributed by atoms with E-state index in [0.29, 0.717) is 11.7 Å². The largest absolute Gasteiger partial charge is 0.364 e. The van der Waals surface area contributed by atoms with Crippen LogP contribution in [0.15, 0.2) is 35.7 Å². The Morgan fingerprint density at radius 2 is 2.10 bits per heavy atom. The van der Waals surface area contributed by atoms with Gasteiger partial charge in [0, 0.05) is 17.6 Å². The molecule has 2 aromatic heterocycles. The highest BCUT2D eigenvalue weighted by Gasteiger charge is 2.11. The number of aryl methyl sites for hydroxylation is 1. The highest BCUT2D eigenvalue weighted by atomic mass is 35.5. The van der Waals surface area contributed by atoms with Gasteiger partial charge in [-0.05, 0) is 43.0 Å². The lowest BCUT2D eigenvalue weighted by atomic mass is 10.2. The summed E-state index contributed by atoms with van der Waals surface area (Å²) in [6, 6.07) is 10.4. The van der Waals surface area contributed by atoms with Crippen LogP contribution in [-0.4, -0.2) is 16.5 Å². The van der Waals surface area contributed by atoms with Crippen molar-refractivity contribution >= 4 is 38.8 Å². The van der Waals surface area contributed by atoms with E-state index >= 15 is 0 Å². The minimum Gasteiger partial charge on any atom is -0.364 e. The topological polar surface area (TPSA) is 29.0 Å². The second-order valence-corrected chi connectivity index (χ2v) is 6.18. The maximum Gasteiger partial charge on any atom is 0.151 e. The number of hydrogen-bond donors (Lipinski definition) is 0. The number of fused-ring (bicyclic) bond motifs is 1. The number of benzene rings is 1. The molecule has 0 aliphatic carbocycles. The van der Waals surface area contributed by atoms with Gasteiger partial charge in [-0.15, -0.1) is 11.3 Å². The molecule has 3 aromatic rings. The quantitative estimate of drug-likeness (QED) is 0.654. The Balaban J connectivity index is 1.92. The molecule has 1 aromatic carbocycles. The SMILES string of the molecule is CCN(Cc1nc(Cl)c2ccsc2n1)c1cccc(C)c1. The van der Waals surface area contributed by atoms with Crippen molar-refractivity contribution in [2.75, 3.05) is 11.4 Å². The van der Waals surface area contributed by atoms with Crippen LogP contribution in [0.1, 0.15) is 18.3 Å². The minimum absolute atomic E-state index is 0.538. The fourth-order valence-corrected chi connectivity index (χ4v) is 3.40. The Labute approximate surface area is 133 Å². The van der Waals surface area contributed by atoms with Gasteiger partial charge in [0.15, 0.2) is 5.82 Å². The van der Waals surface area contributed by atoms with Crippen LogP contribution in [0.5, 0.6) is 0 Å². The molecule has 0 bridgehead atoms. The lowest BCUT2D eigenvalue weighted by molar-refractivity contribution is 0.786. The van der Waals surface area contributed by atoms with E-state index in [9.17, 15) is 0 Å². The van der Waals surface area contributed by atoms with Gasteiger partial charge in [0.25, 0.3) is 0 Å². The van der Waals surface area contributed by atoms with Crippen LogP contribution in [-0.2, 0) is 6.54 Å². The van der Waals surface area contributed by atoms with Gasteiger partial charge < -0.3 is 4.90 Å². The molecule has 3 rings (SSSR count). The molecule has 108 valence electrons. The average Bonchev–Trinajstić information content (AvgIpc) is 2.93. The van der Waals surface area contributed by atoms with E-state index in [0.717, 1.165) is 22.6 Å². The van der Waals surface area contributed by atoms with Gasteiger partial charge in [-0.1, -0.05) is 23.7 Å². The number of anilines is 1. The van der Waals surface area contributed by atoms with Crippen LogP contribution in [0, 0.1) is 6.92 Å². The maximum atomic E-state index is 6.24. The van der Waals surface area contributed by atoms with Crippen molar-refractivity contribution < 1.29 is 0 Å². The van der Waals surface area contributed by atoms with E-state index in [1.165, 1.54) is 11.3 Å². The summed E-state index contributed by atoms with van der Waals surface area (Å²) < 4.78 is 0. The van der Waals surface area contributed by atoms with Gasteiger partial charge >= 0.3 is 0 Å². The second kappa shape index (κ2) is 6.00. The first-order chi connectivity index (χ1) is 10.2. The normalized spacial score (nSPS) is 11.0. The number of thiophene rings is 1. The second-order valence-electron chi connectivity index (χ2n) is 4.92. The molecule has 0 N–H and O–H groups in total. The molecule has 0 fully saturated rings. The fourth-order valence-electron chi connectivity index (χ4n) is 2.31. The third kappa shape index (κ3) is 3.01. The van der Waals surface area contributed by atoms with Gasteiger partial charge in [-0.3, -0.25) is 0 Å². The summed E-state index contributed by atoms with van der Waals surface area (Å²) in [6.45, 7) is 5.79. The van der Waals surface area contributed by atoms with Gasteiger partial charge in [0.2, 0.25) is 0 Å². The Kier molecular flexibility index (Phi) is 4.08. The van der Waals surface area contributed by atoms with Crippen molar-refractivity contribution in [3.63, 3.8) is 0 Å². The van der Waals surface area contributed by atoms with Crippen LogP contribution in [0.3, 0.4) is 0 Å². The third-order valence-corrected chi connectivity index (χ3v) is 4.50. The first kappa shape index (κ1) is 14.3. The average molecular weight is 318 g/mol. The molecular formula is C16H16ClN3S. The van der Waals surface area contributed by atoms with Crippen LogP contribution in [0.25, 0.3) is 10.2 Å². The number of aromatic nitrogens is 2. The zero-order chi connectivity index (χ0) is 14.8. The molecule has 2 heterocycles. The van der Waals surface area contributed by atoms with E-state index < -0.39 is 0 Å². The predicted molar refractivity (Wildman–Crippen MR) is 90.3 cm³/mol. The van der Waals surface area contributed by atoms with Crippen molar-refractivity contribution in [1.29, 1.82) is 0 Å². The van der Waals surface area contributed by atoms with E-state index in [2.05, 4.69) is 53.0 Å². The Morgan fingerprint density at radius 3 is 2.86 bits per heavy atom. The van der Waals surface area contributed by atoms with Crippen LogP contribution < -0.4 is 4.90 Å². The standard InChI is InChI=1S/C16H16ClN3S/c1-3-20(12-6-4-5-11(2)9-12)10-14-18-15(17)13-7-8-21-16(13)19-14/h4-9H,3,10H2,1-2H3. The summed E-state index contributed by atoms with van der Waals surface area (Å²) in [6.07, 6.45) is 0. The highest BCUT2D eigenvalue weighted by molar-refractivity contribution is 7.16. The van der Waals surface area contributed by atoms with Crippen molar-refractivity contribution in [3.05, 3.63) is 52.3 Å². The number of rotatable bonds is 4. The lowest BCUT2D eigenvalue weighted by Gasteiger charge is -2.22. The molecule has 0 spiro atoms. The van der Waals surface area contributed by atoms with Crippen LogP contribution in [0.2, 0.25) is 5.15 Å². The molecule has 0 unspecified atom stereocenters. The summed E-state index contributed by atoms with van der Waals surface area (Å²) in [5, 5.41) is 3.47. The minimum atomic E-state index is 0.538. The first-order valence-electron chi connectivity index (χ1n) is 6.88. The molecular weight excluding hydrogens is 302 g/mol. The van der Waals surface area contributed by atoms with Gasteiger partial charge in [-0.25, -0.2) is 9.97 Å². The third-order valence-electron chi connectivity index (χ3n) is 3.41. The zero-order valence-electron chi connectivity index (χ0n) is 12.0. The van der Waals surface area contributed by atoms with E-state index in [1.807, 2.05) is 11.4 Å². The summed E-state index contributed by atoms with van der Waals surface area (Å²) in [5.74, 6) is 0.762. The van der Waals surface area contributed by atoms with E-state index in [1.54, 1.807) is 11.3 Å². The summed E-state index contributed by atoms with van der Waals surface area (Å²) in [4.78, 5) is 12.2. The van der Waals surface area contributed by atoms with Gasteiger partial charge in [0.1, 0.15) is 9.98 Å². The molecule has 0 atom stereocenters. The molecule has 0 saturated carbocycles. The number of halogens is 1. The van der Waals surface area contributed by atoms with Crippen LogP contribution >= 0.6 is 22.9 Å². The number of nitrogens with zero attached hydrogens (tertiary/aromatic N) is 3. The first-order valence-corrected chi connectivity index (χ1v) is 8.14. The van der Waals surface area contributed by atoms with E-state index in [4.69, 9.17) is 11.6 Å². The number of hydrogen-bond acceptors (Lipinski definition) is 4. The monoisotopic (exact) mass is 317 g/mol.